The van der Waals surface area contributed by atoms with Crippen molar-refractivity contribution < 1.29 is 31.1 Å². The molecule has 1 amide bonds. The molecule has 2 rings (SSSR count). The minimum absolute atomic E-state index is 0.0320. The molecule has 2 aromatic carbocycles. The van der Waals surface area contributed by atoms with Crippen molar-refractivity contribution >= 4 is 27.3 Å². The molecule has 1 N–H and O–H groups in total. The molecule has 0 bridgehead atoms. The average Bonchev–Trinajstić information content (AvgIpc) is 2.64. The molecular formula is C19H21F3N2O4S. The molecule has 1 unspecified atom stereocenters. The van der Waals surface area contributed by atoms with Crippen molar-refractivity contribution in [3.63, 3.8) is 0 Å². The second-order valence-corrected chi connectivity index (χ2v) is 8.08. The summed E-state index contributed by atoms with van der Waals surface area (Å²) in [6, 6.07) is 9.30. The number of nitrogens with one attached hydrogen (secondary N) is 1. The van der Waals surface area contributed by atoms with Crippen molar-refractivity contribution in [1.82, 2.24) is 0 Å². The van der Waals surface area contributed by atoms with Gasteiger partial charge in [0.1, 0.15) is 11.8 Å². The molecule has 0 aliphatic heterocycles. The molecule has 0 aliphatic rings. The number of hydrogen-bond acceptors (Lipinski definition) is 4. The summed E-state index contributed by atoms with van der Waals surface area (Å²) in [6.45, 7) is 1.57. The number of hydrogen-bond donors (Lipinski definition) is 1. The van der Waals surface area contributed by atoms with Gasteiger partial charge in [-0.1, -0.05) is 25.1 Å². The highest BCUT2D eigenvalue weighted by Crippen LogP contribution is 2.35. The van der Waals surface area contributed by atoms with E-state index in [1.165, 1.54) is 31.4 Å². The highest BCUT2D eigenvalue weighted by molar-refractivity contribution is 7.92. The van der Waals surface area contributed by atoms with Crippen LogP contribution in [0.4, 0.5) is 24.5 Å². The van der Waals surface area contributed by atoms with Crippen LogP contribution >= 0.6 is 0 Å². The van der Waals surface area contributed by atoms with Gasteiger partial charge in [-0.2, -0.15) is 13.2 Å². The van der Waals surface area contributed by atoms with Crippen LogP contribution in [0.3, 0.4) is 0 Å². The molecule has 0 heterocycles. The summed E-state index contributed by atoms with van der Waals surface area (Å²) >= 11 is 0. The minimum Gasteiger partial charge on any atom is -0.497 e. The Morgan fingerprint density at radius 3 is 2.38 bits per heavy atom. The molecule has 0 saturated heterocycles. The number of carbonyl (C=O) groups is 1. The highest BCUT2D eigenvalue weighted by atomic mass is 32.2. The van der Waals surface area contributed by atoms with Gasteiger partial charge in [0.15, 0.2) is 0 Å². The summed E-state index contributed by atoms with van der Waals surface area (Å²) < 4.78 is 70.5. The fourth-order valence-electron chi connectivity index (χ4n) is 2.86. The number of carbonyl (C=O) groups excluding carboxylic acids is 1. The number of amides is 1. The Balaban J connectivity index is 2.45. The van der Waals surface area contributed by atoms with Gasteiger partial charge in [0.05, 0.1) is 30.3 Å². The third-order valence-corrected chi connectivity index (χ3v) is 5.31. The number of rotatable bonds is 7. The van der Waals surface area contributed by atoms with Crippen molar-refractivity contribution in [3.8, 4) is 5.75 Å². The van der Waals surface area contributed by atoms with Gasteiger partial charge >= 0.3 is 6.18 Å². The molecule has 0 spiro atoms. The summed E-state index contributed by atoms with van der Waals surface area (Å²) in [7, 11) is -2.53. The number of nitrogens with zero attached hydrogens (tertiary/aromatic N) is 1. The average molecular weight is 430 g/mol. The lowest BCUT2D eigenvalue weighted by atomic mass is 10.1. The molecule has 6 nitrogen and oxygen atoms in total. The highest BCUT2D eigenvalue weighted by Gasteiger charge is 2.36. The van der Waals surface area contributed by atoms with Crippen LogP contribution in [-0.4, -0.2) is 33.7 Å². The van der Waals surface area contributed by atoms with E-state index >= 15 is 0 Å². The van der Waals surface area contributed by atoms with E-state index in [4.69, 9.17) is 4.74 Å². The second-order valence-electron chi connectivity index (χ2n) is 6.22. The third kappa shape index (κ3) is 5.41. The van der Waals surface area contributed by atoms with Crippen LogP contribution in [0.15, 0.2) is 48.5 Å². The minimum atomic E-state index is -4.67. The van der Waals surface area contributed by atoms with Crippen molar-refractivity contribution in [3.05, 3.63) is 54.1 Å². The van der Waals surface area contributed by atoms with E-state index in [0.717, 1.165) is 22.7 Å². The third-order valence-electron chi connectivity index (χ3n) is 4.13. The summed E-state index contributed by atoms with van der Waals surface area (Å²) in [5.41, 5.74) is -1.30. The number of benzene rings is 2. The van der Waals surface area contributed by atoms with Gasteiger partial charge < -0.3 is 10.1 Å². The Bertz CT molecular complexity index is 977. The molecule has 2 aromatic rings. The van der Waals surface area contributed by atoms with Crippen LogP contribution in [0, 0.1) is 0 Å². The predicted octanol–water partition coefficient (Wildman–Crippen LogP) is 3.90. The number of sulfonamides is 1. The Morgan fingerprint density at radius 2 is 1.83 bits per heavy atom. The molecule has 0 aliphatic carbocycles. The van der Waals surface area contributed by atoms with Gasteiger partial charge in [0, 0.05) is 6.07 Å². The van der Waals surface area contributed by atoms with Crippen molar-refractivity contribution in [2.75, 3.05) is 23.0 Å². The summed E-state index contributed by atoms with van der Waals surface area (Å²) in [5.74, 6) is -0.508. The number of halogens is 3. The van der Waals surface area contributed by atoms with Crippen molar-refractivity contribution in [2.24, 2.45) is 0 Å². The molecular weight excluding hydrogens is 409 g/mol. The maximum absolute atomic E-state index is 13.2. The lowest BCUT2D eigenvalue weighted by molar-refractivity contribution is -0.137. The van der Waals surface area contributed by atoms with E-state index in [1.807, 2.05) is 0 Å². The van der Waals surface area contributed by atoms with Crippen LogP contribution in [0.25, 0.3) is 0 Å². The summed E-state index contributed by atoms with van der Waals surface area (Å²) in [6.07, 6.45) is -3.72. The zero-order valence-corrected chi connectivity index (χ0v) is 16.8. The number of methoxy groups -OCH3 is 1. The van der Waals surface area contributed by atoms with Gasteiger partial charge in [-0.15, -0.1) is 0 Å². The maximum Gasteiger partial charge on any atom is 0.418 e. The SMILES string of the molecule is CCC(C(=O)Nc1ccccc1C(F)(F)F)N(c1cccc(OC)c1)S(C)(=O)=O. The number of anilines is 2. The molecule has 0 saturated carbocycles. The number of para-hydroxylation sites is 1. The van der Waals surface area contributed by atoms with E-state index in [0.29, 0.717) is 5.75 Å². The normalized spacial score (nSPS) is 12.9. The van der Waals surface area contributed by atoms with E-state index in [2.05, 4.69) is 5.32 Å². The zero-order valence-electron chi connectivity index (χ0n) is 16.0. The summed E-state index contributed by atoms with van der Waals surface area (Å²) in [5, 5.41) is 2.22. The first-order chi connectivity index (χ1) is 13.5. The van der Waals surface area contributed by atoms with Gasteiger partial charge in [-0.25, -0.2) is 8.42 Å². The fourth-order valence-corrected chi connectivity index (χ4v) is 4.07. The number of alkyl halides is 3. The zero-order chi connectivity index (χ0) is 21.8. The molecule has 0 fully saturated rings. The molecule has 29 heavy (non-hydrogen) atoms. The Kier molecular flexibility index (Phi) is 6.78. The van der Waals surface area contributed by atoms with Crippen LogP contribution < -0.4 is 14.4 Å². The molecule has 10 heteroatoms. The van der Waals surface area contributed by atoms with E-state index < -0.39 is 39.4 Å². The standard InChI is InChI=1S/C19H21F3N2O4S/c1-4-17(18(25)23-16-11-6-5-10-15(16)19(20,21)22)24(29(3,26)27)13-8-7-9-14(12-13)28-2/h5-12,17H,4H2,1-3H3,(H,23,25). The van der Waals surface area contributed by atoms with E-state index in [-0.39, 0.29) is 12.1 Å². The maximum atomic E-state index is 13.2. The van der Waals surface area contributed by atoms with Gasteiger partial charge in [0.2, 0.25) is 15.9 Å². The topological polar surface area (TPSA) is 75.7 Å². The predicted molar refractivity (Wildman–Crippen MR) is 104 cm³/mol. The van der Waals surface area contributed by atoms with Crippen LogP contribution in [0.2, 0.25) is 0 Å². The molecule has 158 valence electrons. The Morgan fingerprint density at radius 1 is 1.17 bits per heavy atom. The van der Waals surface area contributed by atoms with Crippen molar-refractivity contribution in [1.29, 1.82) is 0 Å². The fraction of sp³-hybridized carbons (Fsp3) is 0.316. The lowest BCUT2D eigenvalue weighted by Gasteiger charge is -2.30. The first-order valence-corrected chi connectivity index (χ1v) is 10.4. The smallest absolute Gasteiger partial charge is 0.418 e. The quantitative estimate of drug-likeness (QED) is 0.723. The largest absolute Gasteiger partial charge is 0.497 e. The summed E-state index contributed by atoms with van der Waals surface area (Å²) in [4.78, 5) is 12.8. The van der Waals surface area contributed by atoms with Crippen LogP contribution in [-0.2, 0) is 21.0 Å². The molecule has 1 atom stereocenters. The van der Waals surface area contributed by atoms with Crippen molar-refractivity contribution in [2.45, 2.75) is 25.6 Å². The first kappa shape index (κ1) is 22.5. The second kappa shape index (κ2) is 8.73. The molecule has 0 aromatic heterocycles. The van der Waals surface area contributed by atoms with E-state index in [1.54, 1.807) is 19.1 Å². The van der Waals surface area contributed by atoms with Crippen LogP contribution in [0.1, 0.15) is 18.9 Å². The Labute approximate surface area is 167 Å². The van der Waals surface area contributed by atoms with Gasteiger partial charge in [-0.05, 0) is 30.7 Å². The van der Waals surface area contributed by atoms with Crippen LogP contribution in [0.5, 0.6) is 5.75 Å². The monoisotopic (exact) mass is 430 g/mol. The lowest BCUT2D eigenvalue weighted by Crippen LogP contribution is -2.47. The van der Waals surface area contributed by atoms with E-state index in [9.17, 15) is 26.4 Å². The first-order valence-electron chi connectivity index (χ1n) is 8.59. The Hall–Kier alpha value is -2.75. The number of ether oxygens (including phenoxy) is 1. The van der Waals surface area contributed by atoms with Gasteiger partial charge in [-0.3, -0.25) is 9.10 Å². The van der Waals surface area contributed by atoms with Gasteiger partial charge in [0.25, 0.3) is 0 Å². The molecule has 0 radical (unpaired) electrons.